The smallest absolute Gasteiger partial charge is 0.0615 e. The van der Waals surface area contributed by atoms with Gasteiger partial charge >= 0.3 is 0 Å². The highest BCUT2D eigenvalue weighted by Gasteiger charge is 2.06. The number of halogens is 1. The zero-order chi connectivity index (χ0) is 11.1. The van der Waals surface area contributed by atoms with Gasteiger partial charge in [0.05, 0.1) is 6.61 Å². The number of nitrogens with one attached hydrogen (secondary N) is 1. The lowest BCUT2D eigenvalue weighted by molar-refractivity contribution is 0.166. The predicted octanol–water partition coefficient (Wildman–Crippen LogP) is 2.51. The zero-order valence-electron chi connectivity index (χ0n) is 9.29. The quantitative estimate of drug-likeness (QED) is 0.807. The van der Waals surface area contributed by atoms with Crippen LogP contribution in [0, 0.1) is 0 Å². The van der Waals surface area contributed by atoms with Crippen molar-refractivity contribution in [1.29, 1.82) is 0 Å². The number of aryl methyl sites for hydroxylation is 1. The van der Waals surface area contributed by atoms with Crippen molar-refractivity contribution in [1.82, 2.24) is 5.32 Å². The molecule has 0 aliphatic rings. The first-order valence-corrected chi connectivity index (χ1v) is 5.55. The van der Waals surface area contributed by atoms with Crippen LogP contribution in [0.25, 0.3) is 0 Å². The standard InChI is InChI=1S/C12H18ClNO/c1-14-11(9-15-2)8-7-10-5-3-4-6-12(10)13/h3-6,11,14H,7-9H2,1-2H3. The first kappa shape index (κ1) is 12.5. The Hall–Kier alpha value is -0.570. The van der Waals surface area contributed by atoms with E-state index in [1.807, 2.05) is 25.2 Å². The SMILES string of the molecule is CNC(CCc1ccccc1Cl)COC. The van der Waals surface area contributed by atoms with Crippen molar-refractivity contribution in [3.05, 3.63) is 34.9 Å². The summed E-state index contributed by atoms with van der Waals surface area (Å²) in [6.07, 6.45) is 2.02. The Morgan fingerprint density at radius 3 is 2.73 bits per heavy atom. The second kappa shape index (κ2) is 6.83. The average Bonchev–Trinajstić information content (AvgIpc) is 2.26. The van der Waals surface area contributed by atoms with Gasteiger partial charge in [-0.2, -0.15) is 0 Å². The molecule has 1 atom stereocenters. The molecule has 0 aliphatic heterocycles. The number of hydrogen-bond acceptors (Lipinski definition) is 2. The molecular formula is C12H18ClNO. The molecule has 0 aliphatic carbocycles. The molecule has 2 nitrogen and oxygen atoms in total. The zero-order valence-corrected chi connectivity index (χ0v) is 10.1. The van der Waals surface area contributed by atoms with Crippen LogP contribution in [0.2, 0.25) is 5.02 Å². The molecule has 1 unspecified atom stereocenters. The first-order chi connectivity index (χ1) is 7.27. The van der Waals surface area contributed by atoms with Crippen LogP contribution in [0.1, 0.15) is 12.0 Å². The van der Waals surface area contributed by atoms with E-state index in [2.05, 4.69) is 11.4 Å². The van der Waals surface area contributed by atoms with E-state index in [0.717, 1.165) is 24.5 Å². The average molecular weight is 228 g/mol. The van der Waals surface area contributed by atoms with Crippen LogP contribution in [0.3, 0.4) is 0 Å². The largest absolute Gasteiger partial charge is 0.383 e. The summed E-state index contributed by atoms with van der Waals surface area (Å²) in [4.78, 5) is 0. The van der Waals surface area contributed by atoms with E-state index in [-0.39, 0.29) is 0 Å². The van der Waals surface area contributed by atoms with E-state index in [0.29, 0.717) is 6.04 Å². The minimum absolute atomic E-state index is 0.395. The summed E-state index contributed by atoms with van der Waals surface area (Å²) in [5.41, 5.74) is 1.20. The second-order valence-electron chi connectivity index (χ2n) is 3.57. The van der Waals surface area contributed by atoms with Crippen molar-refractivity contribution in [2.24, 2.45) is 0 Å². The van der Waals surface area contributed by atoms with Crippen LogP contribution < -0.4 is 5.32 Å². The monoisotopic (exact) mass is 227 g/mol. The van der Waals surface area contributed by atoms with Crippen molar-refractivity contribution in [2.45, 2.75) is 18.9 Å². The molecule has 0 spiro atoms. The minimum atomic E-state index is 0.395. The summed E-state index contributed by atoms with van der Waals surface area (Å²) in [5, 5.41) is 4.08. The summed E-state index contributed by atoms with van der Waals surface area (Å²) >= 11 is 6.08. The number of rotatable bonds is 6. The highest BCUT2D eigenvalue weighted by atomic mass is 35.5. The molecule has 0 bridgehead atoms. The van der Waals surface area contributed by atoms with Crippen LogP contribution >= 0.6 is 11.6 Å². The maximum Gasteiger partial charge on any atom is 0.0615 e. The normalized spacial score (nSPS) is 12.7. The van der Waals surface area contributed by atoms with Gasteiger partial charge in [0.15, 0.2) is 0 Å². The maximum absolute atomic E-state index is 6.08. The van der Waals surface area contributed by atoms with Gasteiger partial charge in [-0.1, -0.05) is 29.8 Å². The molecule has 0 saturated carbocycles. The third-order valence-electron chi connectivity index (χ3n) is 2.50. The number of methoxy groups -OCH3 is 1. The topological polar surface area (TPSA) is 21.3 Å². The minimum Gasteiger partial charge on any atom is -0.383 e. The van der Waals surface area contributed by atoms with Crippen LogP contribution in [0.15, 0.2) is 24.3 Å². The van der Waals surface area contributed by atoms with Gasteiger partial charge in [0.1, 0.15) is 0 Å². The summed E-state index contributed by atoms with van der Waals surface area (Å²) in [5.74, 6) is 0. The van der Waals surface area contributed by atoms with Crippen molar-refractivity contribution in [3.63, 3.8) is 0 Å². The van der Waals surface area contributed by atoms with Gasteiger partial charge in [-0.25, -0.2) is 0 Å². The maximum atomic E-state index is 6.08. The molecule has 3 heteroatoms. The predicted molar refractivity (Wildman–Crippen MR) is 64.5 cm³/mol. The highest BCUT2D eigenvalue weighted by molar-refractivity contribution is 6.31. The summed E-state index contributed by atoms with van der Waals surface area (Å²) < 4.78 is 5.12. The summed E-state index contributed by atoms with van der Waals surface area (Å²) in [6, 6.07) is 8.37. The van der Waals surface area contributed by atoms with Crippen molar-refractivity contribution < 1.29 is 4.74 Å². The molecule has 0 radical (unpaired) electrons. The summed E-state index contributed by atoms with van der Waals surface area (Å²) in [7, 11) is 3.68. The third kappa shape index (κ3) is 4.20. The first-order valence-electron chi connectivity index (χ1n) is 5.17. The van der Waals surface area contributed by atoms with Crippen LogP contribution in [0.5, 0.6) is 0 Å². The molecule has 0 amide bonds. The van der Waals surface area contributed by atoms with Crippen LogP contribution in [0.4, 0.5) is 0 Å². The molecule has 1 aromatic rings. The van der Waals surface area contributed by atoms with Crippen LogP contribution in [-0.2, 0) is 11.2 Å². The molecule has 15 heavy (non-hydrogen) atoms. The Labute approximate surface area is 96.6 Å². The van der Waals surface area contributed by atoms with Gasteiger partial charge in [-0.15, -0.1) is 0 Å². The Morgan fingerprint density at radius 1 is 1.40 bits per heavy atom. The third-order valence-corrected chi connectivity index (χ3v) is 2.86. The molecule has 1 aromatic carbocycles. The Bertz CT molecular complexity index is 291. The van der Waals surface area contributed by atoms with Gasteiger partial charge in [0.25, 0.3) is 0 Å². The number of likely N-dealkylation sites (N-methyl/N-ethyl adjacent to an activating group) is 1. The lowest BCUT2D eigenvalue weighted by atomic mass is 10.1. The lowest BCUT2D eigenvalue weighted by Gasteiger charge is -2.15. The van der Waals surface area contributed by atoms with Gasteiger partial charge in [-0.05, 0) is 31.5 Å². The lowest BCUT2D eigenvalue weighted by Crippen LogP contribution is -2.30. The molecule has 1 rings (SSSR count). The molecule has 0 fully saturated rings. The molecule has 0 saturated heterocycles. The molecule has 0 aromatic heterocycles. The molecular weight excluding hydrogens is 210 g/mol. The van der Waals surface area contributed by atoms with Gasteiger partial charge in [0.2, 0.25) is 0 Å². The molecule has 1 N–H and O–H groups in total. The molecule has 0 heterocycles. The number of benzene rings is 1. The number of ether oxygens (including phenoxy) is 1. The summed E-state index contributed by atoms with van der Waals surface area (Å²) in [6.45, 7) is 0.737. The Balaban J connectivity index is 2.45. The Kier molecular flexibility index (Phi) is 5.69. The van der Waals surface area contributed by atoms with Crippen LogP contribution in [-0.4, -0.2) is 26.8 Å². The molecule has 84 valence electrons. The van der Waals surface area contributed by atoms with E-state index >= 15 is 0 Å². The van der Waals surface area contributed by atoms with Crippen molar-refractivity contribution in [2.75, 3.05) is 20.8 Å². The van der Waals surface area contributed by atoms with E-state index in [1.54, 1.807) is 7.11 Å². The van der Waals surface area contributed by atoms with Gasteiger partial charge in [0, 0.05) is 18.2 Å². The van der Waals surface area contributed by atoms with Crippen molar-refractivity contribution in [3.8, 4) is 0 Å². The fourth-order valence-electron chi connectivity index (χ4n) is 1.54. The van der Waals surface area contributed by atoms with E-state index in [4.69, 9.17) is 16.3 Å². The van der Waals surface area contributed by atoms with E-state index in [9.17, 15) is 0 Å². The fraction of sp³-hybridized carbons (Fsp3) is 0.500. The van der Waals surface area contributed by atoms with Crippen molar-refractivity contribution >= 4 is 11.6 Å². The number of hydrogen-bond donors (Lipinski definition) is 1. The van der Waals surface area contributed by atoms with E-state index in [1.165, 1.54) is 5.56 Å². The highest BCUT2D eigenvalue weighted by Crippen LogP contribution is 2.17. The van der Waals surface area contributed by atoms with E-state index < -0.39 is 0 Å². The van der Waals surface area contributed by atoms with Gasteiger partial charge < -0.3 is 10.1 Å². The second-order valence-corrected chi connectivity index (χ2v) is 3.98. The fourth-order valence-corrected chi connectivity index (χ4v) is 1.77. The Morgan fingerprint density at radius 2 is 2.13 bits per heavy atom. The van der Waals surface area contributed by atoms with Gasteiger partial charge in [-0.3, -0.25) is 0 Å².